The van der Waals surface area contributed by atoms with E-state index < -0.39 is 11.9 Å². The van der Waals surface area contributed by atoms with Gasteiger partial charge in [0.05, 0.1) is 22.3 Å². The van der Waals surface area contributed by atoms with E-state index in [9.17, 15) is 14.9 Å². The van der Waals surface area contributed by atoms with Gasteiger partial charge in [-0.05, 0) is 108 Å². The monoisotopic (exact) mass is 660 g/mol. The molecule has 4 aromatic carbocycles. The smallest absolute Gasteiger partial charge is 0.338 e. The Hall–Kier alpha value is -4.36. The van der Waals surface area contributed by atoms with Crippen molar-refractivity contribution in [3.8, 4) is 17.6 Å². The van der Waals surface area contributed by atoms with Crippen molar-refractivity contribution < 1.29 is 23.8 Å². The van der Waals surface area contributed by atoms with Gasteiger partial charge in [-0.15, -0.1) is 0 Å². The number of carbonyl (C=O) groups excluding carboxylic acids is 2. The van der Waals surface area contributed by atoms with Gasteiger partial charge in [-0.3, -0.25) is 4.79 Å². The first-order valence-corrected chi connectivity index (χ1v) is 14.2. The van der Waals surface area contributed by atoms with Crippen molar-refractivity contribution >= 4 is 57.0 Å². The molecule has 0 fully saturated rings. The minimum Gasteiger partial charge on any atom is -0.490 e. The van der Waals surface area contributed by atoms with Crippen molar-refractivity contribution in [1.82, 2.24) is 0 Å². The number of benzene rings is 4. The largest absolute Gasteiger partial charge is 0.490 e. The molecule has 0 saturated carbocycles. The number of ether oxygens (including phenoxy) is 3. The summed E-state index contributed by atoms with van der Waals surface area (Å²) >= 11 is 2.17. The van der Waals surface area contributed by atoms with E-state index in [1.807, 2.05) is 31.2 Å². The zero-order valence-electron chi connectivity index (χ0n) is 23.0. The number of hydrogen-bond acceptors (Lipinski definition) is 6. The predicted octanol–water partition coefficient (Wildman–Crippen LogP) is 7.45. The maximum atomic E-state index is 12.9. The van der Waals surface area contributed by atoms with E-state index in [2.05, 4.69) is 59.1 Å². The molecular weight excluding hydrogens is 631 g/mol. The van der Waals surface area contributed by atoms with Crippen LogP contribution in [0.3, 0.4) is 0 Å². The van der Waals surface area contributed by atoms with Gasteiger partial charge < -0.3 is 19.5 Å². The number of hydrogen-bond donors (Lipinski definition) is 1. The Morgan fingerprint density at radius 1 is 0.976 bits per heavy atom. The summed E-state index contributed by atoms with van der Waals surface area (Å²) < 4.78 is 18.0. The molecule has 0 radical (unpaired) electrons. The van der Waals surface area contributed by atoms with E-state index in [0.29, 0.717) is 41.5 Å². The number of nitriles is 1. The molecule has 0 aliphatic heterocycles. The van der Waals surface area contributed by atoms with Crippen LogP contribution in [0.15, 0.2) is 78.4 Å². The number of fused-ring (bicyclic) bond motifs is 1. The Balaban J connectivity index is 1.55. The van der Waals surface area contributed by atoms with Gasteiger partial charge in [-0.25, -0.2) is 4.79 Å². The van der Waals surface area contributed by atoms with Crippen molar-refractivity contribution in [3.05, 3.63) is 104 Å². The van der Waals surface area contributed by atoms with Crippen LogP contribution in [0.4, 0.5) is 5.69 Å². The number of nitrogens with one attached hydrogen (secondary N) is 1. The summed E-state index contributed by atoms with van der Waals surface area (Å²) in [6, 6.07) is 24.2. The fourth-order valence-corrected chi connectivity index (χ4v) is 5.05. The molecule has 0 bridgehead atoms. The lowest BCUT2D eigenvalue weighted by atomic mass is 10.0. The van der Waals surface area contributed by atoms with Crippen molar-refractivity contribution in [3.63, 3.8) is 0 Å². The van der Waals surface area contributed by atoms with Crippen molar-refractivity contribution in [2.24, 2.45) is 0 Å². The van der Waals surface area contributed by atoms with Gasteiger partial charge in [0, 0.05) is 11.3 Å². The lowest BCUT2D eigenvalue weighted by Crippen LogP contribution is -2.13. The molecule has 0 aliphatic carbocycles. The molecule has 208 valence electrons. The first-order chi connectivity index (χ1) is 19.8. The summed E-state index contributed by atoms with van der Waals surface area (Å²) in [5, 5.41) is 14.7. The van der Waals surface area contributed by atoms with Gasteiger partial charge in [0.25, 0.3) is 5.91 Å². The Morgan fingerprint density at radius 3 is 2.44 bits per heavy atom. The molecule has 41 heavy (non-hydrogen) atoms. The highest BCUT2D eigenvalue weighted by Gasteiger charge is 2.16. The molecule has 0 heterocycles. The lowest BCUT2D eigenvalue weighted by Gasteiger charge is -2.17. The maximum absolute atomic E-state index is 12.9. The third-order valence-corrected chi connectivity index (χ3v) is 7.10. The number of rotatable bonds is 10. The minimum absolute atomic E-state index is 0.0854. The molecule has 8 heteroatoms. The summed E-state index contributed by atoms with van der Waals surface area (Å²) in [6.07, 6.45) is 1.51. The van der Waals surface area contributed by atoms with Gasteiger partial charge >= 0.3 is 5.97 Å². The maximum Gasteiger partial charge on any atom is 0.338 e. The first-order valence-electron chi connectivity index (χ1n) is 13.1. The second-order valence-corrected chi connectivity index (χ2v) is 10.2. The summed E-state index contributed by atoms with van der Waals surface area (Å²) in [5.74, 6) is 0.107. The van der Waals surface area contributed by atoms with Gasteiger partial charge in [-0.1, -0.05) is 36.4 Å². The van der Waals surface area contributed by atoms with Crippen molar-refractivity contribution in [2.45, 2.75) is 27.4 Å². The van der Waals surface area contributed by atoms with Crippen LogP contribution in [-0.4, -0.2) is 25.1 Å². The summed E-state index contributed by atoms with van der Waals surface area (Å²) in [4.78, 5) is 24.7. The average Bonchev–Trinajstić information content (AvgIpc) is 2.97. The SMILES string of the molecule is CCOC(=O)c1ccc(NC(=O)/C(C#N)=C/c2cc(I)c(OCc3c(C)ccc4ccccc34)c(OCC)c2)cc1. The molecule has 1 amide bonds. The topological polar surface area (TPSA) is 97.7 Å². The van der Waals surface area contributed by atoms with E-state index in [1.165, 1.54) is 6.08 Å². The molecule has 0 aromatic heterocycles. The van der Waals surface area contributed by atoms with Crippen molar-refractivity contribution in [1.29, 1.82) is 5.26 Å². The number of amides is 1. The summed E-state index contributed by atoms with van der Waals surface area (Å²) in [6.45, 7) is 6.73. The van der Waals surface area contributed by atoms with Crippen LogP contribution in [0.25, 0.3) is 16.8 Å². The van der Waals surface area contributed by atoms with Crippen LogP contribution < -0.4 is 14.8 Å². The number of aryl methyl sites for hydroxylation is 1. The molecule has 0 saturated heterocycles. The third-order valence-electron chi connectivity index (χ3n) is 6.30. The molecule has 7 nitrogen and oxygen atoms in total. The van der Waals surface area contributed by atoms with E-state index in [4.69, 9.17) is 14.2 Å². The number of carbonyl (C=O) groups is 2. The summed E-state index contributed by atoms with van der Waals surface area (Å²) in [7, 11) is 0. The normalized spacial score (nSPS) is 11.0. The molecule has 0 atom stereocenters. The van der Waals surface area contributed by atoms with Gasteiger partial charge in [0.1, 0.15) is 18.2 Å². The molecular formula is C33H29IN2O5. The zero-order valence-corrected chi connectivity index (χ0v) is 25.2. The standard InChI is InChI=1S/C33H29IN2O5/c1-4-39-30-18-22(16-25(19-35)32(37)36-26-14-12-24(13-15-26)33(38)40-5-2)17-29(34)31(30)41-20-28-21(3)10-11-23-8-6-7-9-27(23)28/h6-18H,4-5,20H2,1-3H3,(H,36,37)/b25-16+. The van der Waals surface area contributed by atoms with Crippen LogP contribution >= 0.6 is 22.6 Å². The Bertz CT molecular complexity index is 1660. The van der Waals surface area contributed by atoms with Gasteiger partial charge in [-0.2, -0.15) is 5.26 Å². The van der Waals surface area contributed by atoms with Crippen LogP contribution in [0.1, 0.15) is 40.9 Å². The second-order valence-electron chi connectivity index (χ2n) is 9.06. The Morgan fingerprint density at radius 2 is 1.73 bits per heavy atom. The second kappa shape index (κ2) is 13.8. The quantitative estimate of drug-likeness (QED) is 0.0822. The Labute approximate surface area is 252 Å². The van der Waals surface area contributed by atoms with Crippen LogP contribution in [0, 0.1) is 21.8 Å². The van der Waals surface area contributed by atoms with Gasteiger partial charge in [0.2, 0.25) is 0 Å². The summed E-state index contributed by atoms with van der Waals surface area (Å²) in [5.41, 5.74) is 3.59. The zero-order chi connectivity index (χ0) is 29.4. The molecule has 4 rings (SSSR count). The third kappa shape index (κ3) is 7.24. The van der Waals surface area contributed by atoms with E-state index >= 15 is 0 Å². The molecule has 0 aliphatic rings. The van der Waals surface area contributed by atoms with Gasteiger partial charge in [0.15, 0.2) is 11.5 Å². The van der Waals surface area contributed by atoms with E-state index in [-0.39, 0.29) is 12.2 Å². The highest BCUT2D eigenvalue weighted by molar-refractivity contribution is 14.1. The number of esters is 1. The molecule has 0 spiro atoms. The predicted molar refractivity (Wildman–Crippen MR) is 168 cm³/mol. The molecule has 0 unspecified atom stereocenters. The molecule has 1 N–H and O–H groups in total. The van der Waals surface area contributed by atoms with Crippen LogP contribution in [0.5, 0.6) is 11.5 Å². The number of anilines is 1. The van der Waals surface area contributed by atoms with Crippen LogP contribution in [-0.2, 0) is 16.1 Å². The highest BCUT2D eigenvalue weighted by Crippen LogP contribution is 2.36. The van der Waals surface area contributed by atoms with Crippen LogP contribution in [0.2, 0.25) is 0 Å². The van der Waals surface area contributed by atoms with Crippen molar-refractivity contribution in [2.75, 3.05) is 18.5 Å². The number of halogens is 1. The van der Waals surface area contributed by atoms with E-state index in [1.54, 1.807) is 37.3 Å². The van der Waals surface area contributed by atoms with E-state index in [0.717, 1.165) is 25.5 Å². The highest BCUT2D eigenvalue weighted by atomic mass is 127. The molecule has 4 aromatic rings. The lowest BCUT2D eigenvalue weighted by molar-refractivity contribution is -0.112. The average molecular weight is 661 g/mol. The fourth-order valence-electron chi connectivity index (χ4n) is 4.27. The first kappa shape index (κ1) is 29.6. The number of nitrogens with zero attached hydrogens (tertiary/aromatic N) is 1. The minimum atomic E-state index is -0.573. The Kier molecular flexibility index (Phi) is 9.98. The fraction of sp³-hybridized carbons (Fsp3) is 0.182.